The number of aliphatic carboxylic acids is 1. The lowest BCUT2D eigenvalue weighted by Crippen LogP contribution is -2.09. The number of aromatic nitrogens is 1. The van der Waals surface area contributed by atoms with Crippen molar-refractivity contribution in [2.24, 2.45) is 0 Å². The Morgan fingerprint density at radius 2 is 2.27 bits per heavy atom. The minimum atomic E-state index is -0.849. The second kappa shape index (κ2) is 3.31. The summed E-state index contributed by atoms with van der Waals surface area (Å²) in [7, 11) is 0. The fraction of sp³-hybridized carbons (Fsp3) is 0.182. The Kier molecular flexibility index (Phi) is 2.11. The van der Waals surface area contributed by atoms with Gasteiger partial charge >= 0.3 is 5.97 Å². The summed E-state index contributed by atoms with van der Waals surface area (Å²) in [6, 6.07) is 7.43. The lowest BCUT2D eigenvalue weighted by Gasteiger charge is -2.04. The second-order valence-electron chi connectivity index (χ2n) is 3.55. The maximum atomic E-state index is 10.7. The SMILES string of the molecule is Cc1cc2c(N)cccc2n1CC(=O)O. The monoisotopic (exact) mass is 204 g/mol. The lowest BCUT2D eigenvalue weighted by atomic mass is 10.2. The van der Waals surface area contributed by atoms with Crippen LogP contribution in [0.4, 0.5) is 5.69 Å². The van der Waals surface area contributed by atoms with Crippen molar-refractivity contribution in [3.63, 3.8) is 0 Å². The van der Waals surface area contributed by atoms with Gasteiger partial charge in [-0.25, -0.2) is 0 Å². The zero-order chi connectivity index (χ0) is 11.0. The van der Waals surface area contributed by atoms with Gasteiger partial charge in [0.2, 0.25) is 0 Å². The van der Waals surface area contributed by atoms with Gasteiger partial charge < -0.3 is 15.4 Å². The highest BCUT2D eigenvalue weighted by Gasteiger charge is 2.09. The highest BCUT2D eigenvalue weighted by Crippen LogP contribution is 2.24. The van der Waals surface area contributed by atoms with Crippen LogP contribution in [0.15, 0.2) is 24.3 Å². The average Bonchev–Trinajstić information content (AvgIpc) is 2.45. The van der Waals surface area contributed by atoms with Crippen LogP contribution in [0.2, 0.25) is 0 Å². The molecule has 0 unspecified atom stereocenters. The zero-order valence-corrected chi connectivity index (χ0v) is 8.40. The molecule has 0 aliphatic rings. The summed E-state index contributed by atoms with van der Waals surface area (Å²) in [6.45, 7) is 1.85. The van der Waals surface area contributed by atoms with Crippen molar-refractivity contribution >= 4 is 22.6 Å². The quantitative estimate of drug-likeness (QED) is 0.730. The van der Waals surface area contributed by atoms with Crippen molar-refractivity contribution in [2.45, 2.75) is 13.5 Å². The molecule has 0 radical (unpaired) electrons. The fourth-order valence-corrected chi connectivity index (χ4v) is 1.78. The largest absolute Gasteiger partial charge is 0.480 e. The molecule has 0 amide bonds. The summed E-state index contributed by atoms with van der Waals surface area (Å²) < 4.78 is 1.74. The van der Waals surface area contributed by atoms with Gasteiger partial charge in [0.15, 0.2) is 0 Å². The van der Waals surface area contributed by atoms with Crippen molar-refractivity contribution in [3.8, 4) is 0 Å². The van der Waals surface area contributed by atoms with Crippen LogP contribution < -0.4 is 5.73 Å². The highest BCUT2D eigenvalue weighted by molar-refractivity contribution is 5.92. The topological polar surface area (TPSA) is 68.2 Å². The first-order chi connectivity index (χ1) is 7.09. The third kappa shape index (κ3) is 1.54. The van der Waals surface area contributed by atoms with Crippen LogP contribution in [-0.2, 0) is 11.3 Å². The molecule has 2 rings (SSSR count). The smallest absolute Gasteiger partial charge is 0.323 e. The van der Waals surface area contributed by atoms with Gasteiger partial charge in [0.1, 0.15) is 6.54 Å². The van der Waals surface area contributed by atoms with Crippen LogP contribution >= 0.6 is 0 Å². The van der Waals surface area contributed by atoms with Crippen LogP contribution in [0.25, 0.3) is 10.9 Å². The predicted octanol–water partition coefficient (Wildman–Crippen LogP) is 1.62. The molecule has 0 aliphatic carbocycles. The van der Waals surface area contributed by atoms with Crippen molar-refractivity contribution in [1.82, 2.24) is 4.57 Å². The van der Waals surface area contributed by atoms with E-state index in [2.05, 4.69) is 0 Å². The van der Waals surface area contributed by atoms with E-state index >= 15 is 0 Å². The molecule has 4 nitrogen and oxygen atoms in total. The van der Waals surface area contributed by atoms with E-state index in [9.17, 15) is 4.79 Å². The maximum absolute atomic E-state index is 10.7. The van der Waals surface area contributed by atoms with E-state index in [1.54, 1.807) is 4.57 Å². The molecule has 1 aromatic heterocycles. The Morgan fingerprint density at radius 3 is 2.93 bits per heavy atom. The average molecular weight is 204 g/mol. The number of nitrogen functional groups attached to an aromatic ring is 1. The molecule has 0 aliphatic heterocycles. The van der Waals surface area contributed by atoms with Crippen molar-refractivity contribution < 1.29 is 9.90 Å². The Balaban J connectivity index is 2.68. The normalized spacial score (nSPS) is 10.7. The molecule has 1 heterocycles. The molecular formula is C11H12N2O2. The minimum absolute atomic E-state index is 0.0290. The summed E-state index contributed by atoms with van der Waals surface area (Å²) in [6.07, 6.45) is 0. The third-order valence-corrected chi connectivity index (χ3v) is 2.48. The number of carbonyl (C=O) groups is 1. The number of hydrogen-bond donors (Lipinski definition) is 2. The Morgan fingerprint density at radius 1 is 1.53 bits per heavy atom. The number of anilines is 1. The molecule has 78 valence electrons. The Labute approximate surface area is 86.9 Å². The first-order valence-corrected chi connectivity index (χ1v) is 4.65. The molecule has 0 saturated heterocycles. The standard InChI is InChI=1S/C11H12N2O2/c1-7-5-8-9(12)3-2-4-10(8)13(7)6-11(14)15/h2-5H,6,12H2,1H3,(H,14,15). The van der Waals surface area contributed by atoms with Crippen LogP contribution in [0.5, 0.6) is 0 Å². The van der Waals surface area contributed by atoms with Gasteiger partial charge in [0.25, 0.3) is 0 Å². The highest BCUT2D eigenvalue weighted by atomic mass is 16.4. The summed E-state index contributed by atoms with van der Waals surface area (Å²) in [5, 5.41) is 9.70. The van der Waals surface area contributed by atoms with E-state index in [1.807, 2.05) is 31.2 Å². The molecule has 4 heteroatoms. The molecule has 3 N–H and O–H groups in total. The number of carboxylic acids is 1. The molecular weight excluding hydrogens is 192 g/mol. The lowest BCUT2D eigenvalue weighted by molar-refractivity contribution is -0.137. The number of nitrogens with two attached hydrogens (primary N) is 1. The van der Waals surface area contributed by atoms with Crippen LogP contribution in [0.1, 0.15) is 5.69 Å². The maximum Gasteiger partial charge on any atom is 0.323 e. The van der Waals surface area contributed by atoms with E-state index in [1.165, 1.54) is 0 Å². The van der Waals surface area contributed by atoms with Gasteiger partial charge in [-0.1, -0.05) is 6.07 Å². The number of carboxylic acid groups (broad SMARTS) is 1. The third-order valence-electron chi connectivity index (χ3n) is 2.48. The fourth-order valence-electron chi connectivity index (χ4n) is 1.78. The van der Waals surface area contributed by atoms with Crippen LogP contribution in [-0.4, -0.2) is 15.6 Å². The molecule has 0 spiro atoms. The van der Waals surface area contributed by atoms with E-state index in [0.29, 0.717) is 5.69 Å². The van der Waals surface area contributed by atoms with Crippen molar-refractivity contribution in [3.05, 3.63) is 30.0 Å². The summed E-state index contributed by atoms with van der Waals surface area (Å²) >= 11 is 0. The molecule has 15 heavy (non-hydrogen) atoms. The number of rotatable bonds is 2. The molecule has 1 aromatic carbocycles. The van der Waals surface area contributed by atoms with Crippen molar-refractivity contribution in [1.29, 1.82) is 0 Å². The first-order valence-electron chi connectivity index (χ1n) is 4.65. The Bertz CT molecular complexity index is 529. The molecule has 0 saturated carbocycles. The number of hydrogen-bond acceptors (Lipinski definition) is 2. The van der Waals surface area contributed by atoms with Crippen molar-refractivity contribution in [2.75, 3.05) is 5.73 Å². The predicted molar refractivity (Wildman–Crippen MR) is 58.7 cm³/mol. The number of aryl methyl sites for hydroxylation is 1. The van der Waals surface area contributed by atoms with E-state index in [-0.39, 0.29) is 6.54 Å². The van der Waals surface area contributed by atoms with Crippen LogP contribution in [0, 0.1) is 6.92 Å². The summed E-state index contributed by atoms with van der Waals surface area (Å²) in [5.41, 5.74) is 8.27. The van der Waals surface area contributed by atoms with Gasteiger partial charge in [-0.05, 0) is 25.1 Å². The summed E-state index contributed by atoms with van der Waals surface area (Å²) in [4.78, 5) is 10.7. The molecule has 2 aromatic rings. The molecule has 0 bridgehead atoms. The van der Waals surface area contributed by atoms with Gasteiger partial charge in [-0.2, -0.15) is 0 Å². The van der Waals surface area contributed by atoms with E-state index in [0.717, 1.165) is 16.6 Å². The number of nitrogens with zero attached hydrogens (tertiary/aromatic N) is 1. The zero-order valence-electron chi connectivity index (χ0n) is 8.40. The first kappa shape index (κ1) is 9.58. The van der Waals surface area contributed by atoms with Gasteiger partial charge in [-0.15, -0.1) is 0 Å². The van der Waals surface area contributed by atoms with E-state index in [4.69, 9.17) is 10.8 Å². The van der Waals surface area contributed by atoms with Gasteiger partial charge in [0.05, 0.1) is 5.52 Å². The van der Waals surface area contributed by atoms with Gasteiger partial charge in [-0.3, -0.25) is 4.79 Å². The number of benzene rings is 1. The minimum Gasteiger partial charge on any atom is -0.480 e. The Hall–Kier alpha value is -1.97. The second-order valence-corrected chi connectivity index (χ2v) is 3.55. The molecule has 0 fully saturated rings. The molecule has 0 atom stereocenters. The van der Waals surface area contributed by atoms with Gasteiger partial charge in [0, 0.05) is 16.8 Å². The van der Waals surface area contributed by atoms with Crippen LogP contribution in [0.3, 0.4) is 0 Å². The number of fused-ring (bicyclic) bond motifs is 1. The van der Waals surface area contributed by atoms with E-state index < -0.39 is 5.97 Å². The summed E-state index contributed by atoms with van der Waals surface area (Å²) in [5.74, 6) is -0.849.